The van der Waals surface area contributed by atoms with Crippen molar-refractivity contribution < 1.29 is 24.1 Å². The number of likely N-dealkylation sites (N-methyl/N-ethyl adjacent to an activating group) is 1. The molecule has 0 saturated carbocycles. The van der Waals surface area contributed by atoms with E-state index in [1.807, 2.05) is 20.8 Å². The maximum atomic E-state index is 11.8. The van der Waals surface area contributed by atoms with E-state index in [0.717, 1.165) is 0 Å². The number of hydrogen-bond acceptors (Lipinski definition) is 5. The fraction of sp³-hybridized carbons (Fsp3) is 0.562. The second-order valence-electron chi connectivity index (χ2n) is 5.80. The van der Waals surface area contributed by atoms with Crippen LogP contribution in [0.5, 0.6) is 11.5 Å². The third-order valence-electron chi connectivity index (χ3n) is 2.57. The van der Waals surface area contributed by atoms with E-state index in [4.69, 9.17) is 19.3 Å². The Hall–Kier alpha value is -1.95. The van der Waals surface area contributed by atoms with E-state index in [9.17, 15) is 4.79 Å². The van der Waals surface area contributed by atoms with Crippen LogP contribution in [-0.2, 0) is 4.74 Å². The van der Waals surface area contributed by atoms with Gasteiger partial charge in [-0.25, -0.2) is 4.79 Å². The molecule has 1 aromatic rings. The van der Waals surface area contributed by atoms with Gasteiger partial charge in [-0.2, -0.15) is 0 Å². The van der Waals surface area contributed by atoms with Crippen LogP contribution < -0.4 is 9.47 Å². The Morgan fingerprint density at radius 1 is 1.18 bits per heavy atom. The van der Waals surface area contributed by atoms with Gasteiger partial charge in [0.05, 0.1) is 13.2 Å². The normalized spacial score (nSPS) is 11.0. The number of carbonyl (C=O) groups excluding carboxylic acids is 1. The van der Waals surface area contributed by atoms with Gasteiger partial charge in [0.25, 0.3) is 0 Å². The van der Waals surface area contributed by atoms with Crippen molar-refractivity contribution in [3.8, 4) is 11.5 Å². The van der Waals surface area contributed by atoms with Crippen molar-refractivity contribution in [3.63, 3.8) is 0 Å². The molecule has 0 fully saturated rings. The summed E-state index contributed by atoms with van der Waals surface area (Å²) in [7, 11) is 1.66. The zero-order chi connectivity index (χ0) is 16.6. The molecule has 124 valence electrons. The van der Waals surface area contributed by atoms with Gasteiger partial charge in [-0.3, -0.25) is 0 Å². The number of hydrogen-bond donors (Lipinski definition) is 1. The van der Waals surface area contributed by atoms with Gasteiger partial charge in [-0.1, -0.05) is 6.07 Å². The first-order chi connectivity index (χ1) is 10.3. The smallest absolute Gasteiger partial charge is 0.410 e. The van der Waals surface area contributed by atoms with E-state index >= 15 is 0 Å². The van der Waals surface area contributed by atoms with Gasteiger partial charge >= 0.3 is 6.09 Å². The summed E-state index contributed by atoms with van der Waals surface area (Å²) in [6, 6.07) is 7.14. The molecule has 0 bridgehead atoms. The lowest BCUT2D eigenvalue weighted by molar-refractivity contribution is 0.0278. The Kier molecular flexibility index (Phi) is 6.98. The summed E-state index contributed by atoms with van der Waals surface area (Å²) in [5.74, 6) is 1.28. The number of benzene rings is 1. The van der Waals surface area contributed by atoms with Gasteiger partial charge in [0.1, 0.15) is 30.3 Å². The molecule has 0 aromatic heterocycles. The summed E-state index contributed by atoms with van der Waals surface area (Å²) in [5.41, 5.74) is -0.509. The van der Waals surface area contributed by atoms with Crippen molar-refractivity contribution in [3.05, 3.63) is 24.3 Å². The molecule has 1 rings (SSSR count). The van der Waals surface area contributed by atoms with Crippen molar-refractivity contribution in [2.75, 3.05) is 33.4 Å². The molecule has 0 spiro atoms. The van der Waals surface area contributed by atoms with Crippen LogP contribution in [0.2, 0.25) is 0 Å². The van der Waals surface area contributed by atoms with E-state index in [1.165, 1.54) is 4.90 Å². The SMILES string of the molecule is CN(CCOc1cccc(OCCO)c1)C(=O)OC(C)(C)C. The topological polar surface area (TPSA) is 68.2 Å². The van der Waals surface area contributed by atoms with Crippen LogP contribution in [-0.4, -0.2) is 55.1 Å². The molecular formula is C16H25NO5. The highest BCUT2D eigenvalue weighted by Gasteiger charge is 2.19. The molecular weight excluding hydrogens is 286 g/mol. The van der Waals surface area contributed by atoms with E-state index in [-0.39, 0.29) is 19.3 Å². The molecule has 0 radical (unpaired) electrons. The van der Waals surface area contributed by atoms with Gasteiger partial charge in [0.2, 0.25) is 0 Å². The summed E-state index contributed by atoms with van der Waals surface area (Å²) in [6.45, 7) is 6.44. The molecule has 0 atom stereocenters. The Labute approximate surface area is 131 Å². The molecule has 0 heterocycles. The maximum absolute atomic E-state index is 11.8. The van der Waals surface area contributed by atoms with Crippen LogP contribution in [0.3, 0.4) is 0 Å². The number of aliphatic hydroxyl groups is 1. The van der Waals surface area contributed by atoms with E-state index < -0.39 is 5.60 Å². The lowest BCUT2D eigenvalue weighted by Gasteiger charge is -2.24. The van der Waals surface area contributed by atoms with Gasteiger partial charge in [-0.05, 0) is 32.9 Å². The largest absolute Gasteiger partial charge is 0.492 e. The summed E-state index contributed by atoms with van der Waals surface area (Å²) >= 11 is 0. The van der Waals surface area contributed by atoms with Crippen LogP contribution in [0, 0.1) is 0 Å². The Morgan fingerprint density at radius 3 is 2.32 bits per heavy atom. The second kappa shape index (κ2) is 8.48. The Bertz CT molecular complexity index is 470. The molecule has 0 aliphatic heterocycles. The molecule has 1 N–H and O–H groups in total. The van der Waals surface area contributed by atoms with Gasteiger partial charge < -0.3 is 24.2 Å². The fourth-order valence-electron chi connectivity index (χ4n) is 1.55. The highest BCUT2D eigenvalue weighted by atomic mass is 16.6. The van der Waals surface area contributed by atoms with Gasteiger partial charge in [-0.15, -0.1) is 0 Å². The van der Waals surface area contributed by atoms with Crippen molar-refractivity contribution in [1.29, 1.82) is 0 Å². The van der Waals surface area contributed by atoms with Crippen LogP contribution >= 0.6 is 0 Å². The average Bonchev–Trinajstić information content (AvgIpc) is 2.43. The Balaban J connectivity index is 2.39. The standard InChI is InChI=1S/C16H25NO5/c1-16(2,3)22-15(19)17(4)8-10-20-13-6-5-7-14(12-13)21-11-9-18/h5-7,12,18H,8-11H2,1-4H3. The third-order valence-corrected chi connectivity index (χ3v) is 2.57. The van der Waals surface area contributed by atoms with E-state index in [1.54, 1.807) is 31.3 Å². The molecule has 0 aliphatic carbocycles. The zero-order valence-corrected chi connectivity index (χ0v) is 13.7. The van der Waals surface area contributed by atoms with E-state index in [2.05, 4.69) is 0 Å². The average molecular weight is 311 g/mol. The molecule has 6 heteroatoms. The zero-order valence-electron chi connectivity index (χ0n) is 13.7. The number of ether oxygens (including phenoxy) is 3. The van der Waals surface area contributed by atoms with Crippen LogP contribution in [0.15, 0.2) is 24.3 Å². The minimum atomic E-state index is -0.509. The Morgan fingerprint density at radius 2 is 1.77 bits per heavy atom. The number of rotatable bonds is 7. The second-order valence-corrected chi connectivity index (χ2v) is 5.80. The molecule has 22 heavy (non-hydrogen) atoms. The predicted octanol–water partition coefficient (Wildman–Crippen LogP) is 2.30. The first-order valence-electron chi connectivity index (χ1n) is 7.22. The molecule has 0 saturated heterocycles. The minimum Gasteiger partial charge on any atom is -0.492 e. The minimum absolute atomic E-state index is 0.0359. The fourth-order valence-corrected chi connectivity index (χ4v) is 1.55. The highest BCUT2D eigenvalue weighted by Crippen LogP contribution is 2.19. The number of nitrogens with zero attached hydrogens (tertiary/aromatic N) is 1. The monoisotopic (exact) mass is 311 g/mol. The van der Waals surface area contributed by atoms with Crippen LogP contribution in [0.1, 0.15) is 20.8 Å². The number of carbonyl (C=O) groups is 1. The first kappa shape index (κ1) is 18.1. The summed E-state index contributed by atoms with van der Waals surface area (Å²) in [5, 5.41) is 8.73. The van der Waals surface area contributed by atoms with Crippen molar-refractivity contribution >= 4 is 6.09 Å². The quantitative estimate of drug-likeness (QED) is 0.837. The highest BCUT2D eigenvalue weighted by molar-refractivity contribution is 5.67. The van der Waals surface area contributed by atoms with Crippen molar-refractivity contribution in [2.24, 2.45) is 0 Å². The van der Waals surface area contributed by atoms with Gasteiger partial charge in [0, 0.05) is 13.1 Å². The lowest BCUT2D eigenvalue weighted by atomic mass is 10.2. The number of aliphatic hydroxyl groups excluding tert-OH is 1. The lowest BCUT2D eigenvalue weighted by Crippen LogP contribution is -2.36. The summed E-state index contributed by atoms with van der Waals surface area (Å²) in [6.07, 6.45) is -0.379. The van der Waals surface area contributed by atoms with Gasteiger partial charge in [0.15, 0.2) is 0 Å². The first-order valence-corrected chi connectivity index (χ1v) is 7.22. The van der Waals surface area contributed by atoms with E-state index in [0.29, 0.717) is 24.7 Å². The molecule has 0 aliphatic rings. The number of amides is 1. The molecule has 1 aromatic carbocycles. The predicted molar refractivity (Wildman–Crippen MR) is 83.4 cm³/mol. The third kappa shape index (κ3) is 7.17. The van der Waals surface area contributed by atoms with Crippen LogP contribution in [0.25, 0.3) is 0 Å². The van der Waals surface area contributed by atoms with Crippen molar-refractivity contribution in [2.45, 2.75) is 26.4 Å². The summed E-state index contributed by atoms with van der Waals surface area (Å²) in [4.78, 5) is 13.2. The van der Waals surface area contributed by atoms with Crippen LogP contribution in [0.4, 0.5) is 4.79 Å². The molecule has 6 nitrogen and oxygen atoms in total. The molecule has 1 amide bonds. The summed E-state index contributed by atoms with van der Waals surface area (Å²) < 4.78 is 16.1. The van der Waals surface area contributed by atoms with Crippen molar-refractivity contribution in [1.82, 2.24) is 4.90 Å². The molecule has 0 unspecified atom stereocenters. The maximum Gasteiger partial charge on any atom is 0.410 e.